The van der Waals surface area contributed by atoms with Gasteiger partial charge >= 0.3 is 6.09 Å². The van der Waals surface area contributed by atoms with Crippen molar-refractivity contribution < 1.29 is 23.8 Å². The molecule has 2 amide bonds. The van der Waals surface area contributed by atoms with Gasteiger partial charge in [0.1, 0.15) is 36.6 Å². The number of nitrogens with one attached hydrogen (secondary N) is 2. The Morgan fingerprint density at radius 2 is 1.32 bits per heavy atom. The van der Waals surface area contributed by atoms with E-state index in [1.54, 1.807) is 4.90 Å². The molecule has 1 unspecified atom stereocenters. The van der Waals surface area contributed by atoms with Crippen LogP contribution in [0.4, 0.5) is 4.79 Å². The molecular weight excluding hydrogens is 755 g/mol. The first-order valence-corrected chi connectivity index (χ1v) is 20.9. The second-order valence-electron chi connectivity index (χ2n) is 16.1. The fourth-order valence-electron chi connectivity index (χ4n) is 8.89. The maximum atomic E-state index is 13.9. The van der Waals surface area contributed by atoms with Gasteiger partial charge in [-0.3, -0.25) is 14.6 Å². The minimum absolute atomic E-state index is 0.0953. The van der Waals surface area contributed by atoms with E-state index in [-0.39, 0.29) is 30.5 Å². The topological polar surface area (TPSA) is 129 Å². The Balaban J connectivity index is 0.864. The number of aromatic amines is 2. The second-order valence-corrected chi connectivity index (χ2v) is 16.1. The van der Waals surface area contributed by atoms with E-state index in [1.807, 2.05) is 97.0 Å². The molecule has 5 heterocycles. The third-order valence-electron chi connectivity index (χ3n) is 12.1. The van der Waals surface area contributed by atoms with Crippen LogP contribution in [0.5, 0.6) is 0 Å². The lowest BCUT2D eigenvalue weighted by Crippen LogP contribution is -2.44. The average Bonchev–Trinajstić information content (AvgIpc) is 4.14. The lowest BCUT2D eigenvalue weighted by Gasteiger charge is -2.33. The average molecular weight is 806 g/mol. The van der Waals surface area contributed by atoms with Crippen molar-refractivity contribution in [2.24, 2.45) is 5.92 Å². The van der Waals surface area contributed by atoms with Crippen LogP contribution in [0.2, 0.25) is 0 Å². The van der Waals surface area contributed by atoms with Crippen molar-refractivity contribution in [1.29, 1.82) is 0 Å². The Morgan fingerprint density at radius 1 is 0.750 bits per heavy atom. The van der Waals surface area contributed by atoms with Gasteiger partial charge in [0, 0.05) is 25.7 Å². The number of likely N-dealkylation sites (tertiary alicyclic amines) is 1. The number of hydrogen-bond donors (Lipinski definition) is 2. The van der Waals surface area contributed by atoms with Crippen molar-refractivity contribution in [2.75, 3.05) is 40.5 Å². The van der Waals surface area contributed by atoms with Crippen molar-refractivity contribution in [3.63, 3.8) is 0 Å². The highest BCUT2D eigenvalue weighted by Crippen LogP contribution is 2.38. The second kappa shape index (κ2) is 17.6. The van der Waals surface area contributed by atoms with Gasteiger partial charge in [-0.25, -0.2) is 14.8 Å². The van der Waals surface area contributed by atoms with Crippen LogP contribution in [0, 0.1) is 5.92 Å². The van der Waals surface area contributed by atoms with Gasteiger partial charge in [0.2, 0.25) is 5.91 Å². The Labute approximate surface area is 350 Å². The molecule has 0 saturated carbocycles. The first-order chi connectivity index (χ1) is 29.4. The van der Waals surface area contributed by atoms with Crippen LogP contribution in [0.25, 0.3) is 33.6 Å². The molecule has 0 aliphatic carbocycles. The molecule has 0 radical (unpaired) electrons. The van der Waals surface area contributed by atoms with Crippen molar-refractivity contribution in [3.8, 4) is 33.6 Å². The Bertz CT molecular complexity index is 2360. The number of amides is 2. The maximum Gasteiger partial charge on any atom is 0.412 e. The van der Waals surface area contributed by atoms with Gasteiger partial charge in [0.25, 0.3) is 0 Å². The van der Waals surface area contributed by atoms with E-state index in [1.165, 1.54) is 0 Å². The van der Waals surface area contributed by atoms with Crippen LogP contribution in [-0.2, 0) is 25.6 Å². The first kappa shape index (κ1) is 39.4. The van der Waals surface area contributed by atoms with Crippen LogP contribution < -0.4 is 0 Å². The number of H-pyrrole nitrogens is 2. The number of imidazole rings is 2. The molecule has 60 heavy (non-hydrogen) atoms. The lowest BCUT2D eigenvalue weighted by atomic mass is 9.97. The summed E-state index contributed by atoms with van der Waals surface area (Å²) in [7, 11) is 3.91. The van der Waals surface area contributed by atoms with E-state index in [0.717, 1.165) is 76.3 Å². The standard InChI is InChI=1S/C48H51N7O5/c1-53(2)43(37-12-7-4-8-13-37)46(56)54-25-9-14-41(54)44-49-28-39(51-44)35-19-15-33(16-20-35)34-17-21-36(22-18-34)40-29-50-45(52-40)42-31-59-47(38-23-26-58-27-24-38)55(42)48(57)60-30-32-10-5-3-6-11-32/h3-8,10-13,15-22,28-29,38,41-43,47H,9,14,23-27,30-31H2,1-2H3,(H,49,51)(H,50,52)/t41-,42-,43+,47?/m0/s1. The van der Waals surface area contributed by atoms with Gasteiger partial charge in [0.05, 0.1) is 36.4 Å². The molecule has 3 fully saturated rings. The predicted molar refractivity (Wildman–Crippen MR) is 228 cm³/mol. The van der Waals surface area contributed by atoms with Crippen molar-refractivity contribution in [2.45, 2.75) is 56.6 Å². The zero-order valence-corrected chi connectivity index (χ0v) is 34.1. The van der Waals surface area contributed by atoms with Crippen molar-refractivity contribution in [3.05, 3.63) is 144 Å². The van der Waals surface area contributed by atoms with Gasteiger partial charge in [0.15, 0.2) is 0 Å². The third-order valence-corrected chi connectivity index (χ3v) is 12.1. The summed E-state index contributed by atoms with van der Waals surface area (Å²) in [5, 5.41) is 0. The zero-order valence-electron chi connectivity index (χ0n) is 34.1. The number of rotatable bonds is 11. The molecule has 3 aliphatic heterocycles. The van der Waals surface area contributed by atoms with Gasteiger partial charge in [-0.15, -0.1) is 0 Å². The molecule has 0 bridgehead atoms. The highest BCUT2D eigenvalue weighted by molar-refractivity contribution is 5.84. The van der Waals surface area contributed by atoms with Crippen molar-refractivity contribution in [1.82, 2.24) is 34.6 Å². The molecule has 6 aromatic rings. The number of benzene rings is 4. The summed E-state index contributed by atoms with van der Waals surface area (Å²) in [6.45, 7) is 2.52. The van der Waals surface area contributed by atoms with E-state index in [2.05, 4.69) is 58.5 Å². The number of carbonyl (C=O) groups excluding carboxylic acids is 2. The molecule has 0 spiro atoms. The molecule has 308 valence electrons. The molecule has 2 N–H and O–H groups in total. The summed E-state index contributed by atoms with van der Waals surface area (Å²) in [4.78, 5) is 49.9. The van der Waals surface area contributed by atoms with E-state index in [0.29, 0.717) is 32.2 Å². The van der Waals surface area contributed by atoms with E-state index >= 15 is 0 Å². The molecule has 3 saturated heterocycles. The van der Waals surface area contributed by atoms with Gasteiger partial charge in [-0.1, -0.05) is 109 Å². The fraction of sp³-hybridized carbons (Fsp3) is 0.333. The first-order valence-electron chi connectivity index (χ1n) is 20.9. The largest absolute Gasteiger partial charge is 0.444 e. The van der Waals surface area contributed by atoms with E-state index < -0.39 is 18.4 Å². The highest BCUT2D eigenvalue weighted by Gasteiger charge is 2.45. The van der Waals surface area contributed by atoms with Gasteiger partial charge in [-0.05, 0) is 73.2 Å². The van der Waals surface area contributed by atoms with E-state index in [9.17, 15) is 9.59 Å². The maximum absolute atomic E-state index is 13.9. The Kier molecular flexibility index (Phi) is 11.6. The number of ether oxygens (including phenoxy) is 3. The summed E-state index contributed by atoms with van der Waals surface area (Å²) < 4.78 is 17.8. The quantitative estimate of drug-likeness (QED) is 0.133. The van der Waals surface area contributed by atoms with Crippen LogP contribution >= 0.6 is 0 Å². The fourth-order valence-corrected chi connectivity index (χ4v) is 8.89. The predicted octanol–water partition coefficient (Wildman–Crippen LogP) is 8.56. The van der Waals surface area contributed by atoms with Crippen molar-refractivity contribution >= 4 is 12.0 Å². The monoisotopic (exact) mass is 805 g/mol. The van der Waals surface area contributed by atoms with Crippen LogP contribution in [0.1, 0.15) is 66.6 Å². The normalized spacial score (nSPS) is 20.1. The molecular formula is C48H51N7O5. The number of likely N-dealkylation sites (N-methyl/N-ethyl adjacent to an activating group) is 1. The SMILES string of the molecule is CN(C)[C@@H](C(=O)N1CCC[C@H]1c1ncc(-c2ccc(-c3ccc(-c4cnc([C@@H]5COC(C6CCOCC6)N5C(=O)OCc5ccccc5)[nH]4)cc3)cc2)[nH]1)c1ccccc1. The van der Waals surface area contributed by atoms with Gasteiger partial charge < -0.3 is 29.1 Å². The van der Waals surface area contributed by atoms with Crippen LogP contribution in [-0.4, -0.2) is 93.3 Å². The number of carbonyl (C=O) groups is 2. The number of nitrogens with zero attached hydrogens (tertiary/aromatic N) is 5. The molecule has 4 aromatic carbocycles. The number of hydrogen-bond acceptors (Lipinski definition) is 8. The number of aromatic nitrogens is 4. The summed E-state index contributed by atoms with van der Waals surface area (Å²) in [5.74, 6) is 1.73. The lowest BCUT2D eigenvalue weighted by molar-refractivity contribution is -0.137. The third kappa shape index (κ3) is 8.23. The highest BCUT2D eigenvalue weighted by atomic mass is 16.6. The van der Waals surface area contributed by atoms with E-state index in [4.69, 9.17) is 24.2 Å². The van der Waals surface area contributed by atoms with Crippen LogP contribution in [0.15, 0.2) is 122 Å². The summed E-state index contributed by atoms with van der Waals surface area (Å²) in [6, 6.07) is 35.6. The summed E-state index contributed by atoms with van der Waals surface area (Å²) in [6.07, 6.45) is 6.31. The smallest absolute Gasteiger partial charge is 0.412 e. The molecule has 2 aromatic heterocycles. The minimum Gasteiger partial charge on any atom is -0.444 e. The summed E-state index contributed by atoms with van der Waals surface area (Å²) >= 11 is 0. The Morgan fingerprint density at radius 3 is 1.92 bits per heavy atom. The zero-order chi connectivity index (χ0) is 41.0. The molecule has 12 nitrogen and oxygen atoms in total. The molecule has 4 atom stereocenters. The van der Waals surface area contributed by atoms with Gasteiger partial charge in [-0.2, -0.15) is 0 Å². The Hall–Kier alpha value is -6.08. The van der Waals surface area contributed by atoms with Crippen LogP contribution in [0.3, 0.4) is 0 Å². The minimum atomic E-state index is -0.413. The molecule has 12 heteroatoms. The summed E-state index contributed by atoms with van der Waals surface area (Å²) in [5.41, 5.74) is 7.87. The molecule has 9 rings (SSSR count). The molecule has 3 aliphatic rings.